The summed E-state index contributed by atoms with van der Waals surface area (Å²) in [6, 6.07) is 11.4. The van der Waals surface area contributed by atoms with Crippen molar-refractivity contribution in [1.29, 1.82) is 0 Å². The summed E-state index contributed by atoms with van der Waals surface area (Å²) in [5.41, 5.74) is 2.52. The molecule has 228 valence electrons. The highest BCUT2D eigenvalue weighted by Gasteiger charge is 2.44. The van der Waals surface area contributed by atoms with Crippen LogP contribution in [0.4, 0.5) is 17.3 Å². The summed E-state index contributed by atoms with van der Waals surface area (Å²) >= 11 is 0. The first kappa shape index (κ1) is 29.0. The summed E-state index contributed by atoms with van der Waals surface area (Å²) in [7, 11) is 3.05. The average Bonchev–Trinajstić information content (AvgIpc) is 3.51. The molecule has 0 aliphatic carbocycles. The van der Waals surface area contributed by atoms with Crippen molar-refractivity contribution in [3.8, 4) is 0 Å². The Morgan fingerprint density at radius 3 is 2.34 bits per heavy atom. The molecule has 4 heterocycles. The van der Waals surface area contributed by atoms with Gasteiger partial charge in [0.05, 0.1) is 29.6 Å². The fraction of sp³-hybridized carbons (Fsp3) is 0.367. The summed E-state index contributed by atoms with van der Waals surface area (Å²) in [4.78, 5) is 73.2. The van der Waals surface area contributed by atoms with Gasteiger partial charge in [0.1, 0.15) is 0 Å². The van der Waals surface area contributed by atoms with Gasteiger partial charge >= 0.3 is 5.69 Å². The van der Waals surface area contributed by atoms with Crippen LogP contribution in [0.2, 0.25) is 0 Å². The minimum absolute atomic E-state index is 0.0132. The molecule has 14 heteroatoms. The molecule has 0 N–H and O–H groups in total. The Kier molecular flexibility index (Phi) is 7.16. The lowest BCUT2D eigenvalue weighted by molar-refractivity contribution is -0.384. The van der Waals surface area contributed by atoms with Crippen LogP contribution in [0, 0.1) is 24.0 Å². The number of rotatable bonds is 6. The van der Waals surface area contributed by atoms with E-state index >= 15 is 0 Å². The van der Waals surface area contributed by atoms with E-state index in [1.54, 1.807) is 14.0 Å². The fourth-order valence-corrected chi connectivity index (χ4v) is 6.21. The van der Waals surface area contributed by atoms with Crippen molar-refractivity contribution in [3.05, 3.63) is 90.1 Å². The summed E-state index contributed by atoms with van der Waals surface area (Å²) < 4.78 is 4.31. The number of carbonyl (C=O) groups excluding carboxylic acids is 2. The summed E-state index contributed by atoms with van der Waals surface area (Å²) in [6.07, 6.45) is 0.0132. The molecule has 2 aliphatic rings. The minimum atomic E-state index is -0.654. The van der Waals surface area contributed by atoms with Crippen LogP contribution in [0.25, 0.3) is 11.2 Å². The molecule has 0 bridgehead atoms. The number of amides is 2. The number of aromatic nitrogens is 4. The van der Waals surface area contributed by atoms with Crippen molar-refractivity contribution in [3.63, 3.8) is 0 Å². The Morgan fingerprint density at radius 2 is 1.68 bits per heavy atom. The molecule has 14 nitrogen and oxygen atoms in total. The molecule has 2 saturated heterocycles. The van der Waals surface area contributed by atoms with Crippen LogP contribution in [0.1, 0.15) is 23.1 Å². The number of piperazine rings is 1. The maximum atomic E-state index is 13.5. The Labute approximate surface area is 251 Å². The van der Waals surface area contributed by atoms with Gasteiger partial charge in [-0.2, -0.15) is 4.98 Å². The number of nitrogens with zero attached hydrogens (tertiary/aromatic N) is 8. The number of non-ortho nitro benzene ring substituents is 1. The molecular formula is C30H32N8O6. The third kappa shape index (κ3) is 4.76. The van der Waals surface area contributed by atoms with E-state index in [0.29, 0.717) is 61.1 Å². The molecule has 0 saturated carbocycles. The summed E-state index contributed by atoms with van der Waals surface area (Å²) in [5.74, 6) is -0.155. The topological polar surface area (TPSA) is 149 Å². The van der Waals surface area contributed by atoms with E-state index in [0.717, 1.165) is 20.6 Å². The van der Waals surface area contributed by atoms with Crippen LogP contribution >= 0.6 is 0 Å². The molecule has 1 atom stereocenters. The molecule has 2 fully saturated rings. The van der Waals surface area contributed by atoms with E-state index < -0.39 is 22.2 Å². The zero-order valence-electron chi connectivity index (χ0n) is 24.9. The number of hydrogen-bond acceptors (Lipinski definition) is 9. The van der Waals surface area contributed by atoms with E-state index in [9.17, 15) is 29.3 Å². The second-order valence-corrected chi connectivity index (χ2v) is 11.4. The lowest BCUT2D eigenvalue weighted by atomic mass is 10.1. The molecule has 2 aromatic heterocycles. The average molecular weight is 601 g/mol. The zero-order valence-corrected chi connectivity index (χ0v) is 24.9. The largest absolute Gasteiger partial charge is 0.340 e. The highest BCUT2D eigenvalue weighted by molar-refractivity contribution is 6.22. The van der Waals surface area contributed by atoms with Gasteiger partial charge in [-0.1, -0.05) is 29.8 Å². The Balaban J connectivity index is 1.27. The zero-order chi connectivity index (χ0) is 31.4. The Hall–Kier alpha value is -5.11. The van der Waals surface area contributed by atoms with Crippen LogP contribution in [0.5, 0.6) is 0 Å². The highest BCUT2D eigenvalue weighted by atomic mass is 16.6. The van der Waals surface area contributed by atoms with E-state index in [2.05, 4.69) is 0 Å². The number of benzene rings is 2. The molecule has 4 aromatic rings. The predicted molar refractivity (Wildman–Crippen MR) is 163 cm³/mol. The van der Waals surface area contributed by atoms with Crippen molar-refractivity contribution in [1.82, 2.24) is 23.6 Å². The van der Waals surface area contributed by atoms with Crippen LogP contribution in [-0.4, -0.2) is 72.5 Å². The number of nitro groups is 1. The molecule has 1 unspecified atom stereocenters. The first-order valence-electron chi connectivity index (χ1n) is 14.3. The first-order chi connectivity index (χ1) is 21.0. The van der Waals surface area contributed by atoms with Gasteiger partial charge in [-0.3, -0.25) is 43.1 Å². The van der Waals surface area contributed by atoms with Gasteiger partial charge in [-0.05, 0) is 31.0 Å². The van der Waals surface area contributed by atoms with Gasteiger partial charge in [0.25, 0.3) is 17.2 Å². The maximum absolute atomic E-state index is 13.5. The lowest BCUT2D eigenvalue weighted by Crippen LogP contribution is -2.53. The van der Waals surface area contributed by atoms with Gasteiger partial charge in [0.2, 0.25) is 11.9 Å². The molecule has 0 radical (unpaired) electrons. The van der Waals surface area contributed by atoms with Gasteiger partial charge in [-0.15, -0.1) is 0 Å². The monoisotopic (exact) mass is 600 g/mol. The normalized spacial score (nSPS) is 17.7. The quantitative estimate of drug-likeness (QED) is 0.182. The van der Waals surface area contributed by atoms with E-state index in [1.807, 2.05) is 45.6 Å². The fourth-order valence-electron chi connectivity index (χ4n) is 6.21. The van der Waals surface area contributed by atoms with Crippen LogP contribution < -0.4 is 21.0 Å². The van der Waals surface area contributed by atoms with Crippen LogP contribution in [0.3, 0.4) is 0 Å². The van der Waals surface area contributed by atoms with Gasteiger partial charge in [-0.25, -0.2) is 9.69 Å². The minimum Gasteiger partial charge on any atom is -0.340 e. The molecule has 6 rings (SSSR count). The Morgan fingerprint density at radius 1 is 0.955 bits per heavy atom. The van der Waals surface area contributed by atoms with Crippen LogP contribution in [-0.2, 0) is 30.2 Å². The molecule has 44 heavy (non-hydrogen) atoms. The second-order valence-electron chi connectivity index (χ2n) is 11.4. The van der Waals surface area contributed by atoms with Crippen LogP contribution in [0.15, 0.2) is 52.1 Å². The van der Waals surface area contributed by atoms with Crippen molar-refractivity contribution in [2.24, 2.45) is 14.1 Å². The molecular weight excluding hydrogens is 568 g/mol. The van der Waals surface area contributed by atoms with Gasteiger partial charge < -0.3 is 4.90 Å². The van der Waals surface area contributed by atoms with Gasteiger partial charge in [0.15, 0.2) is 11.2 Å². The van der Waals surface area contributed by atoms with Crippen molar-refractivity contribution >= 4 is 40.3 Å². The maximum Gasteiger partial charge on any atom is 0.332 e. The number of hydrogen-bond donors (Lipinski definition) is 0. The molecule has 2 aliphatic heterocycles. The first-order valence-corrected chi connectivity index (χ1v) is 14.3. The lowest BCUT2D eigenvalue weighted by Gasteiger charge is -2.37. The SMILES string of the molecule is Cc1cccc(Cn2c(N3CCN(C4CC(=O)N(c5ccc([N+](=O)[O-])cc5C)C4=O)CC3)nc3c2c(=O)n(C)c(=O)n3C)c1. The molecule has 2 amide bonds. The van der Waals surface area contributed by atoms with Gasteiger partial charge in [0, 0.05) is 52.4 Å². The summed E-state index contributed by atoms with van der Waals surface area (Å²) in [5, 5.41) is 11.2. The Bertz CT molecular complexity index is 1970. The number of aryl methyl sites for hydroxylation is 3. The third-order valence-electron chi connectivity index (χ3n) is 8.54. The molecule has 0 spiro atoms. The number of imide groups is 1. The number of nitro benzene ring substituents is 1. The standard InChI is InChI=1S/C30H32N8O6/c1-18-6-5-7-20(14-18)17-36-25-26(32(3)30(42)33(4)28(25)41)31-29(36)35-12-10-34(11-13-35)23-16-24(39)37(27(23)40)22-9-8-21(38(43)44)15-19(22)2/h5-9,14-15,23H,10-13,16-17H2,1-4H3. The smallest absolute Gasteiger partial charge is 0.332 e. The highest BCUT2D eigenvalue weighted by Crippen LogP contribution is 2.31. The van der Waals surface area contributed by atoms with Crippen molar-refractivity contribution in [2.45, 2.75) is 32.9 Å². The van der Waals surface area contributed by atoms with Crippen molar-refractivity contribution in [2.75, 3.05) is 36.0 Å². The number of imidazole rings is 1. The number of fused-ring (bicyclic) bond motifs is 1. The predicted octanol–water partition coefficient (Wildman–Crippen LogP) is 1.46. The summed E-state index contributed by atoms with van der Waals surface area (Å²) in [6.45, 7) is 5.88. The second kappa shape index (κ2) is 10.9. The van der Waals surface area contributed by atoms with Crippen molar-refractivity contribution < 1.29 is 14.5 Å². The third-order valence-corrected chi connectivity index (χ3v) is 8.54. The van der Waals surface area contributed by atoms with E-state index in [4.69, 9.17) is 4.98 Å². The van der Waals surface area contributed by atoms with E-state index in [-0.39, 0.29) is 23.9 Å². The number of anilines is 2. The number of carbonyl (C=O) groups is 2. The van der Waals surface area contributed by atoms with E-state index in [1.165, 1.54) is 29.8 Å². The molecule has 2 aromatic carbocycles.